The Hall–Kier alpha value is -3.56. The molecule has 3 aliphatic rings. The zero-order chi connectivity index (χ0) is 21.3. The number of carbonyl (C=O) groups is 3. The van der Waals surface area contributed by atoms with E-state index in [1.807, 2.05) is 30.3 Å². The average molecular weight is 399 g/mol. The van der Waals surface area contributed by atoms with Crippen LogP contribution in [0.4, 0.5) is 5.69 Å². The smallest absolute Gasteiger partial charge is 0.239 e. The highest BCUT2D eigenvalue weighted by atomic mass is 16.2. The zero-order valence-electron chi connectivity index (χ0n) is 16.5. The molecule has 150 valence electrons. The van der Waals surface area contributed by atoms with Crippen LogP contribution in [0.3, 0.4) is 0 Å². The van der Waals surface area contributed by atoms with Crippen molar-refractivity contribution in [3.8, 4) is 6.07 Å². The van der Waals surface area contributed by atoms with Crippen LogP contribution in [0, 0.1) is 23.2 Å². The SMILES string of the molecule is CCc1cccc(C#N)c1.O=C1C=CC2NC1C1C(=O)N(c3ccccc3)C(=O)C21. The van der Waals surface area contributed by atoms with Gasteiger partial charge in [-0.3, -0.25) is 19.7 Å². The number of rotatable bonds is 2. The van der Waals surface area contributed by atoms with Gasteiger partial charge in [-0.15, -0.1) is 0 Å². The molecule has 6 nitrogen and oxygen atoms in total. The Morgan fingerprint density at radius 2 is 1.73 bits per heavy atom. The predicted octanol–water partition coefficient (Wildman–Crippen LogP) is 2.39. The fraction of sp³-hybridized carbons (Fsp3) is 0.250. The number of fused-ring (bicyclic) bond motifs is 5. The van der Waals surface area contributed by atoms with Crippen molar-refractivity contribution in [2.24, 2.45) is 11.8 Å². The van der Waals surface area contributed by atoms with Gasteiger partial charge in [-0.25, -0.2) is 4.90 Å². The van der Waals surface area contributed by atoms with Crippen molar-refractivity contribution in [3.63, 3.8) is 0 Å². The normalized spacial score (nSPS) is 26.1. The molecule has 2 amide bonds. The number of hydrogen-bond acceptors (Lipinski definition) is 5. The number of para-hydroxylation sites is 1. The minimum absolute atomic E-state index is 0.121. The van der Waals surface area contributed by atoms with Gasteiger partial charge in [0.2, 0.25) is 11.8 Å². The summed E-state index contributed by atoms with van der Waals surface area (Å²) in [5, 5.41) is 11.6. The predicted molar refractivity (Wildman–Crippen MR) is 111 cm³/mol. The van der Waals surface area contributed by atoms with Crippen molar-refractivity contribution in [1.82, 2.24) is 5.32 Å². The number of hydrogen-bond donors (Lipinski definition) is 1. The van der Waals surface area contributed by atoms with Crippen LogP contribution in [-0.2, 0) is 20.8 Å². The highest BCUT2D eigenvalue weighted by Crippen LogP contribution is 2.41. The molecule has 3 heterocycles. The third-order valence-electron chi connectivity index (χ3n) is 5.77. The third kappa shape index (κ3) is 3.34. The molecule has 0 radical (unpaired) electrons. The van der Waals surface area contributed by atoms with E-state index in [2.05, 4.69) is 18.3 Å². The lowest BCUT2D eigenvalue weighted by atomic mass is 9.90. The van der Waals surface area contributed by atoms with Crippen LogP contribution in [0.1, 0.15) is 18.1 Å². The van der Waals surface area contributed by atoms with Gasteiger partial charge in [-0.2, -0.15) is 5.26 Å². The van der Waals surface area contributed by atoms with E-state index in [0.717, 1.165) is 12.0 Å². The van der Waals surface area contributed by atoms with Crippen molar-refractivity contribution in [2.75, 3.05) is 4.90 Å². The Morgan fingerprint density at radius 3 is 2.43 bits per heavy atom. The molecule has 0 aromatic heterocycles. The first kappa shape index (κ1) is 19.7. The molecule has 3 aliphatic heterocycles. The molecule has 1 N–H and O–H groups in total. The van der Waals surface area contributed by atoms with E-state index >= 15 is 0 Å². The fourth-order valence-corrected chi connectivity index (χ4v) is 4.28. The summed E-state index contributed by atoms with van der Waals surface area (Å²) in [6.45, 7) is 2.08. The summed E-state index contributed by atoms with van der Waals surface area (Å²) in [5.74, 6) is -1.65. The minimum atomic E-state index is -0.574. The number of ketones is 1. The summed E-state index contributed by atoms with van der Waals surface area (Å²) in [5.41, 5.74) is 2.55. The molecule has 0 saturated carbocycles. The lowest BCUT2D eigenvalue weighted by molar-refractivity contribution is -0.126. The molecule has 2 aromatic rings. The molecular weight excluding hydrogens is 378 g/mol. The van der Waals surface area contributed by atoms with Crippen LogP contribution < -0.4 is 10.2 Å². The Labute approximate surface area is 174 Å². The van der Waals surface area contributed by atoms with E-state index in [0.29, 0.717) is 5.69 Å². The topological polar surface area (TPSA) is 90.3 Å². The van der Waals surface area contributed by atoms with Crippen LogP contribution in [0.5, 0.6) is 0 Å². The van der Waals surface area contributed by atoms with Crippen molar-refractivity contribution in [2.45, 2.75) is 25.4 Å². The van der Waals surface area contributed by atoms with Crippen LogP contribution in [-0.4, -0.2) is 29.7 Å². The molecule has 2 fully saturated rings. The lowest BCUT2D eigenvalue weighted by Crippen LogP contribution is -2.46. The van der Waals surface area contributed by atoms with Crippen LogP contribution in [0.15, 0.2) is 66.7 Å². The maximum absolute atomic E-state index is 12.6. The summed E-state index contributed by atoms with van der Waals surface area (Å²) in [4.78, 5) is 38.2. The van der Waals surface area contributed by atoms with Crippen LogP contribution >= 0.6 is 0 Å². The van der Waals surface area contributed by atoms with Crippen molar-refractivity contribution < 1.29 is 14.4 Å². The second-order valence-electron chi connectivity index (χ2n) is 7.50. The van der Waals surface area contributed by atoms with Gasteiger partial charge in [0.05, 0.1) is 35.2 Å². The largest absolute Gasteiger partial charge is 0.299 e. The van der Waals surface area contributed by atoms with Crippen molar-refractivity contribution >= 4 is 23.3 Å². The summed E-state index contributed by atoms with van der Waals surface area (Å²) in [7, 11) is 0. The first-order valence-corrected chi connectivity index (χ1v) is 9.95. The van der Waals surface area contributed by atoms with E-state index in [4.69, 9.17) is 5.26 Å². The van der Waals surface area contributed by atoms with Crippen LogP contribution in [0.25, 0.3) is 0 Å². The molecule has 6 heteroatoms. The van der Waals surface area contributed by atoms with Gasteiger partial charge in [0.1, 0.15) is 0 Å². The summed E-state index contributed by atoms with van der Waals surface area (Å²) < 4.78 is 0. The Bertz CT molecular complexity index is 1070. The zero-order valence-corrected chi connectivity index (χ0v) is 16.5. The number of nitrogens with zero attached hydrogens (tertiary/aromatic N) is 2. The van der Waals surface area contributed by atoms with Gasteiger partial charge in [-0.05, 0) is 42.3 Å². The monoisotopic (exact) mass is 399 g/mol. The minimum Gasteiger partial charge on any atom is -0.299 e. The van der Waals surface area contributed by atoms with Crippen molar-refractivity contribution in [1.29, 1.82) is 5.26 Å². The number of nitrogens with one attached hydrogen (secondary N) is 1. The highest BCUT2D eigenvalue weighted by Gasteiger charge is 2.60. The lowest BCUT2D eigenvalue weighted by Gasteiger charge is -2.22. The van der Waals surface area contributed by atoms with Gasteiger partial charge in [0, 0.05) is 6.04 Å². The van der Waals surface area contributed by atoms with E-state index in [9.17, 15) is 14.4 Å². The molecule has 0 spiro atoms. The van der Waals surface area contributed by atoms with Gasteiger partial charge < -0.3 is 0 Å². The van der Waals surface area contributed by atoms with E-state index in [1.165, 1.54) is 16.5 Å². The van der Waals surface area contributed by atoms with Gasteiger partial charge in [-0.1, -0.05) is 43.3 Å². The molecular formula is C24H21N3O3. The Kier molecular flexibility index (Phi) is 5.30. The van der Waals surface area contributed by atoms with Gasteiger partial charge in [0.15, 0.2) is 5.78 Å². The van der Waals surface area contributed by atoms with E-state index in [1.54, 1.807) is 30.3 Å². The number of aryl methyl sites for hydroxylation is 1. The number of amides is 2. The Balaban J connectivity index is 0.000000185. The average Bonchev–Trinajstić information content (AvgIpc) is 3.25. The number of anilines is 1. The first-order chi connectivity index (χ1) is 14.5. The second kappa shape index (κ2) is 8.05. The van der Waals surface area contributed by atoms with Crippen LogP contribution in [0.2, 0.25) is 0 Å². The molecule has 2 aromatic carbocycles. The molecule has 0 aliphatic carbocycles. The number of nitriles is 1. The number of benzene rings is 2. The van der Waals surface area contributed by atoms with Gasteiger partial charge >= 0.3 is 0 Å². The summed E-state index contributed by atoms with van der Waals surface area (Å²) >= 11 is 0. The molecule has 5 rings (SSSR count). The first-order valence-electron chi connectivity index (χ1n) is 9.95. The van der Waals surface area contributed by atoms with E-state index in [-0.39, 0.29) is 23.6 Å². The quantitative estimate of drug-likeness (QED) is 0.783. The van der Waals surface area contributed by atoms with Crippen molar-refractivity contribution in [3.05, 3.63) is 77.9 Å². The summed E-state index contributed by atoms with van der Waals surface area (Å²) in [6, 6.07) is 17.9. The van der Waals surface area contributed by atoms with E-state index < -0.39 is 17.9 Å². The highest BCUT2D eigenvalue weighted by molar-refractivity contribution is 6.24. The second-order valence-corrected chi connectivity index (χ2v) is 7.50. The number of carbonyl (C=O) groups excluding carboxylic acids is 3. The molecule has 4 unspecified atom stereocenters. The molecule has 4 atom stereocenters. The fourth-order valence-electron chi connectivity index (χ4n) is 4.28. The number of imide groups is 1. The Morgan fingerprint density at radius 1 is 1.00 bits per heavy atom. The molecule has 2 bridgehead atoms. The summed E-state index contributed by atoms with van der Waals surface area (Å²) in [6.07, 6.45) is 4.18. The third-order valence-corrected chi connectivity index (χ3v) is 5.77. The standard InChI is InChI=1S/C15H12N2O3.C9H9N/c18-10-7-6-9-11-12(13(10)16-9)15(20)17(14(11)19)8-4-2-1-3-5-8;1-2-8-4-3-5-9(6-8)7-10/h1-7,9,11-13,16H;3-6H,2H2,1H3. The maximum Gasteiger partial charge on any atom is 0.239 e. The molecule has 30 heavy (non-hydrogen) atoms. The molecule has 2 saturated heterocycles. The maximum atomic E-state index is 12.6. The van der Waals surface area contributed by atoms with Gasteiger partial charge in [0.25, 0.3) is 0 Å².